The molecule has 0 aromatic rings. The van der Waals surface area contributed by atoms with Gasteiger partial charge in [-0.3, -0.25) is 0 Å². The number of hydrogen-bond acceptors (Lipinski definition) is 0. The van der Waals surface area contributed by atoms with Crippen LogP contribution in [0.1, 0.15) is 52.4 Å². The minimum Gasteiger partial charge on any atom is -0.0881 e. The fraction of sp³-hybridized carbons (Fsp3) is 1.00. The van der Waals surface area contributed by atoms with E-state index in [-0.39, 0.29) is 0 Å². The lowest BCUT2D eigenvalue weighted by atomic mass is 9.70. The Labute approximate surface area is 94.6 Å². The van der Waals surface area contributed by atoms with E-state index in [2.05, 4.69) is 13.8 Å². The van der Waals surface area contributed by atoms with E-state index in [1.165, 1.54) is 19.3 Å². The standard InChI is InChI=1S/C14H21B/c1-11(6-7-15)12(2)10-4-3-5-13(8-10)9-14(11,12)13/h10H,3-9H2,1-2H3/t10?,11-,12?,13?,14?/m0/s1. The van der Waals surface area contributed by atoms with Gasteiger partial charge in [0, 0.05) is 0 Å². The largest absolute Gasteiger partial charge is 0.0881 e. The maximum Gasteiger partial charge on any atom is 0.0653 e. The summed E-state index contributed by atoms with van der Waals surface area (Å²) >= 11 is 0. The normalized spacial score (nSPS) is 68.5. The van der Waals surface area contributed by atoms with Crippen molar-refractivity contribution in [3.63, 3.8) is 0 Å². The molecule has 2 spiro atoms. The van der Waals surface area contributed by atoms with E-state index in [0.717, 1.165) is 23.1 Å². The third-order valence-corrected chi connectivity index (χ3v) is 7.60. The second kappa shape index (κ2) is 2.07. The van der Waals surface area contributed by atoms with Gasteiger partial charge in [0.25, 0.3) is 0 Å². The van der Waals surface area contributed by atoms with Crippen LogP contribution in [0.25, 0.3) is 0 Å². The fourth-order valence-electron chi connectivity index (χ4n) is 7.06. The molecule has 0 aromatic carbocycles. The third-order valence-electron chi connectivity index (χ3n) is 7.60. The lowest BCUT2D eigenvalue weighted by molar-refractivity contribution is 0.162. The first-order valence-corrected chi connectivity index (χ1v) is 6.78. The van der Waals surface area contributed by atoms with Gasteiger partial charge >= 0.3 is 0 Å². The Morgan fingerprint density at radius 2 is 2.13 bits per heavy atom. The molecule has 0 amide bonds. The van der Waals surface area contributed by atoms with Gasteiger partial charge in [0.2, 0.25) is 0 Å². The molecule has 2 bridgehead atoms. The van der Waals surface area contributed by atoms with Gasteiger partial charge < -0.3 is 0 Å². The van der Waals surface area contributed by atoms with E-state index in [0.29, 0.717) is 10.8 Å². The topological polar surface area (TPSA) is 0 Å². The van der Waals surface area contributed by atoms with Crippen molar-refractivity contribution in [2.24, 2.45) is 27.6 Å². The molecule has 0 N–H and O–H groups in total. The SMILES string of the molecule is [B]CC[C@@]1(C)C2(C)C3CCCC4(C3)CC421. The van der Waals surface area contributed by atoms with Gasteiger partial charge in [-0.15, -0.1) is 0 Å². The molecule has 80 valence electrons. The minimum absolute atomic E-state index is 0.623. The zero-order chi connectivity index (χ0) is 10.5. The molecule has 0 heterocycles. The van der Waals surface area contributed by atoms with Gasteiger partial charge in [0.05, 0.1) is 7.85 Å². The maximum absolute atomic E-state index is 5.84. The van der Waals surface area contributed by atoms with Gasteiger partial charge in [-0.2, -0.15) is 0 Å². The summed E-state index contributed by atoms with van der Waals surface area (Å²) in [5.74, 6) is 1.05. The molecular weight excluding hydrogens is 179 g/mol. The van der Waals surface area contributed by atoms with Crippen LogP contribution >= 0.6 is 0 Å². The maximum atomic E-state index is 5.84. The second-order valence-corrected chi connectivity index (χ2v) is 7.23. The molecule has 0 nitrogen and oxygen atoms in total. The van der Waals surface area contributed by atoms with Crippen LogP contribution in [0.15, 0.2) is 0 Å². The summed E-state index contributed by atoms with van der Waals surface area (Å²) in [6.45, 7) is 5.16. The summed E-state index contributed by atoms with van der Waals surface area (Å²) in [7, 11) is 5.84. The molecule has 4 saturated carbocycles. The molecule has 0 aromatic heterocycles. The molecule has 4 aliphatic rings. The second-order valence-electron chi connectivity index (χ2n) is 7.23. The summed E-state index contributed by atoms with van der Waals surface area (Å²) in [6, 6.07) is 0. The van der Waals surface area contributed by atoms with Crippen molar-refractivity contribution < 1.29 is 0 Å². The predicted molar refractivity (Wildman–Crippen MR) is 62.8 cm³/mol. The van der Waals surface area contributed by atoms with Crippen LogP contribution in [0.3, 0.4) is 0 Å². The summed E-state index contributed by atoms with van der Waals surface area (Å²) in [6.07, 6.45) is 9.88. The average Bonchev–Trinajstić information content (AvgIpc) is 2.94. The number of hydrogen-bond donors (Lipinski definition) is 0. The quantitative estimate of drug-likeness (QED) is 0.597. The molecule has 4 fully saturated rings. The molecule has 4 unspecified atom stereocenters. The van der Waals surface area contributed by atoms with Crippen molar-refractivity contribution in [3.05, 3.63) is 0 Å². The van der Waals surface area contributed by atoms with Crippen molar-refractivity contribution in [2.45, 2.75) is 58.7 Å². The van der Waals surface area contributed by atoms with E-state index in [4.69, 9.17) is 7.85 Å². The summed E-state index contributed by atoms with van der Waals surface area (Å²) in [5.41, 5.74) is 2.90. The van der Waals surface area contributed by atoms with Gasteiger partial charge in [-0.1, -0.05) is 33.0 Å². The van der Waals surface area contributed by atoms with Crippen LogP contribution in [0, 0.1) is 27.6 Å². The van der Waals surface area contributed by atoms with Gasteiger partial charge in [0.1, 0.15) is 0 Å². The highest BCUT2D eigenvalue weighted by Gasteiger charge is 3.00. The molecule has 4 aliphatic carbocycles. The summed E-state index contributed by atoms with van der Waals surface area (Å²) in [4.78, 5) is 0. The number of rotatable bonds is 2. The summed E-state index contributed by atoms with van der Waals surface area (Å²) in [5, 5.41) is 0. The Hall–Kier alpha value is 0.0649. The third kappa shape index (κ3) is 0.567. The predicted octanol–water partition coefficient (Wildman–Crippen LogP) is 3.57. The van der Waals surface area contributed by atoms with Crippen molar-refractivity contribution in [1.29, 1.82) is 0 Å². The first-order chi connectivity index (χ1) is 7.08. The first kappa shape index (κ1) is 9.13. The Bertz CT molecular complexity index is 345. The average molecular weight is 200 g/mol. The summed E-state index contributed by atoms with van der Waals surface area (Å²) < 4.78 is 0. The Morgan fingerprint density at radius 3 is 2.80 bits per heavy atom. The van der Waals surface area contributed by atoms with Crippen molar-refractivity contribution in [3.8, 4) is 0 Å². The molecule has 0 aliphatic heterocycles. The van der Waals surface area contributed by atoms with E-state index in [9.17, 15) is 0 Å². The van der Waals surface area contributed by atoms with E-state index in [1.807, 2.05) is 0 Å². The van der Waals surface area contributed by atoms with Crippen LogP contribution in [0.5, 0.6) is 0 Å². The van der Waals surface area contributed by atoms with Gasteiger partial charge in [0.15, 0.2) is 0 Å². The van der Waals surface area contributed by atoms with Crippen molar-refractivity contribution in [2.75, 3.05) is 0 Å². The van der Waals surface area contributed by atoms with E-state index < -0.39 is 0 Å². The Kier molecular flexibility index (Phi) is 1.26. The van der Waals surface area contributed by atoms with Crippen LogP contribution in [0.2, 0.25) is 6.32 Å². The van der Waals surface area contributed by atoms with Crippen LogP contribution in [-0.4, -0.2) is 7.85 Å². The lowest BCUT2D eigenvalue weighted by Crippen LogP contribution is -2.25. The molecule has 5 atom stereocenters. The highest BCUT2D eigenvalue weighted by molar-refractivity contribution is 6.08. The molecule has 15 heavy (non-hydrogen) atoms. The van der Waals surface area contributed by atoms with E-state index in [1.54, 1.807) is 19.3 Å². The van der Waals surface area contributed by atoms with Gasteiger partial charge in [-0.25, -0.2) is 0 Å². The first-order valence-electron chi connectivity index (χ1n) is 6.78. The monoisotopic (exact) mass is 200 g/mol. The number of fused-ring (bicyclic) bond motifs is 2. The highest BCUT2D eigenvalue weighted by atomic mass is 15.0. The van der Waals surface area contributed by atoms with Crippen molar-refractivity contribution >= 4 is 7.85 Å². The Balaban J connectivity index is 1.81. The van der Waals surface area contributed by atoms with Crippen molar-refractivity contribution in [1.82, 2.24) is 0 Å². The van der Waals surface area contributed by atoms with Gasteiger partial charge in [-0.05, 0) is 53.3 Å². The minimum atomic E-state index is 0.623. The van der Waals surface area contributed by atoms with Crippen LogP contribution in [-0.2, 0) is 0 Å². The van der Waals surface area contributed by atoms with E-state index >= 15 is 0 Å². The van der Waals surface area contributed by atoms with Crippen LogP contribution < -0.4 is 0 Å². The molecule has 0 saturated heterocycles. The Morgan fingerprint density at radius 1 is 1.33 bits per heavy atom. The van der Waals surface area contributed by atoms with Crippen LogP contribution in [0.4, 0.5) is 0 Å². The fourth-order valence-corrected chi connectivity index (χ4v) is 7.06. The smallest absolute Gasteiger partial charge is 0.0653 e. The molecular formula is C14H21B. The molecule has 4 rings (SSSR count). The highest BCUT2D eigenvalue weighted by Crippen LogP contribution is 3.06. The zero-order valence-corrected chi connectivity index (χ0v) is 10.1. The zero-order valence-electron chi connectivity index (χ0n) is 10.1. The molecule has 2 radical (unpaired) electrons. The lowest BCUT2D eigenvalue weighted by Gasteiger charge is -2.34. The molecule has 1 heteroatoms.